The van der Waals surface area contributed by atoms with Gasteiger partial charge >= 0.3 is 0 Å². The highest BCUT2D eigenvalue weighted by molar-refractivity contribution is 4.98. The molecule has 0 atom stereocenters. The summed E-state index contributed by atoms with van der Waals surface area (Å²) < 4.78 is 0. The second-order valence-electron chi connectivity index (χ2n) is 9.51. The molecule has 26 heavy (non-hydrogen) atoms. The summed E-state index contributed by atoms with van der Waals surface area (Å²) in [6.45, 7) is 11.4. The van der Waals surface area contributed by atoms with Gasteiger partial charge in [0.1, 0.15) is 0 Å². The van der Waals surface area contributed by atoms with E-state index in [9.17, 15) is 5.11 Å². The van der Waals surface area contributed by atoms with E-state index in [4.69, 9.17) is 5.11 Å². The van der Waals surface area contributed by atoms with Crippen LogP contribution in [-0.4, -0.2) is 45.9 Å². The first-order valence-corrected chi connectivity index (χ1v) is 11.2. The minimum Gasteiger partial charge on any atom is -0.396 e. The minimum absolute atomic E-state index is 0.126. The number of unbranched alkanes of at least 4 members (excludes halogenated alkanes) is 10. The average molecular weight is 372 g/mol. The molecule has 1 aliphatic rings. The number of likely N-dealkylation sites (tertiary alicyclic amines) is 1. The Hall–Kier alpha value is -0.120. The fraction of sp³-hybridized carbons (Fsp3) is 1.00. The van der Waals surface area contributed by atoms with Crippen LogP contribution in [0.1, 0.15) is 118 Å². The zero-order valence-corrected chi connectivity index (χ0v) is 18.8. The summed E-state index contributed by atoms with van der Waals surface area (Å²) >= 11 is 0. The average Bonchev–Trinajstić information content (AvgIpc) is 2.54. The smallest absolute Gasteiger partial charge is 0.0575 e. The van der Waals surface area contributed by atoms with Crippen LogP contribution < -0.4 is 0 Å². The van der Waals surface area contributed by atoms with E-state index < -0.39 is 0 Å². The molecule has 0 amide bonds. The van der Waals surface area contributed by atoms with Gasteiger partial charge < -0.3 is 10.2 Å². The van der Waals surface area contributed by atoms with E-state index in [1.165, 1.54) is 64.2 Å². The third kappa shape index (κ3) is 11.6. The first-order chi connectivity index (χ1) is 12.2. The lowest BCUT2D eigenvalue weighted by Gasteiger charge is -2.52. The Kier molecular flexibility index (Phi) is 13.9. The van der Waals surface area contributed by atoms with Crippen molar-refractivity contribution in [3.05, 3.63) is 0 Å². The summed E-state index contributed by atoms with van der Waals surface area (Å²) in [5.41, 5.74) is 0.252. The Balaban J connectivity index is 0.000000485. The molecule has 1 heterocycles. The molecule has 0 aromatic heterocycles. The Morgan fingerprint density at radius 1 is 0.731 bits per heavy atom. The first kappa shape index (κ1) is 25.9. The Labute approximate surface area is 164 Å². The number of piperidine rings is 1. The van der Waals surface area contributed by atoms with E-state index in [-0.39, 0.29) is 17.2 Å². The normalized spacial score (nSPS) is 19.8. The molecule has 3 nitrogen and oxygen atoms in total. The standard InChI is InChI=1S/C13H28O.C10H21NO/c1-2-3-4-5-6-7-8-9-10-11-12-13-14;1-9(2)6-8(12)7-10(3,4)11(9)5/h14H,2-13H2,1H3;8,12H,6-7H2,1-5H3. The molecule has 0 saturated carbocycles. The topological polar surface area (TPSA) is 43.7 Å². The molecule has 0 spiro atoms. The molecule has 3 heteroatoms. The molecule has 158 valence electrons. The first-order valence-electron chi connectivity index (χ1n) is 11.2. The molecule has 2 N–H and O–H groups in total. The van der Waals surface area contributed by atoms with Crippen molar-refractivity contribution in [3.8, 4) is 0 Å². The second-order valence-corrected chi connectivity index (χ2v) is 9.51. The van der Waals surface area contributed by atoms with Crippen molar-refractivity contribution in [2.75, 3.05) is 13.7 Å². The lowest BCUT2D eigenvalue weighted by atomic mass is 9.79. The van der Waals surface area contributed by atoms with Crippen molar-refractivity contribution in [2.45, 2.75) is 135 Å². The molecular formula is C23H49NO2. The maximum Gasteiger partial charge on any atom is 0.0575 e. The molecular weight excluding hydrogens is 322 g/mol. The van der Waals surface area contributed by atoms with E-state index in [0.29, 0.717) is 6.61 Å². The maximum absolute atomic E-state index is 9.67. The van der Waals surface area contributed by atoms with E-state index in [2.05, 4.69) is 46.6 Å². The van der Waals surface area contributed by atoms with Gasteiger partial charge in [-0.05, 0) is 54.0 Å². The predicted octanol–water partition coefficient (Wildman–Crippen LogP) is 5.92. The van der Waals surface area contributed by atoms with Crippen LogP contribution >= 0.6 is 0 Å². The monoisotopic (exact) mass is 371 g/mol. The van der Waals surface area contributed by atoms with Crippen LogP contribution in [-0.2, 0) is 0 Å². The maximum atomic E-state index is 9.67. The number of aliphatic hydroxyl groups excluding tert-OH is 2. The van der Waals surface area contributed by atoms with Gasteiger partial charge in [0.05, 0.1) is 6.10 Å². The fourth-order valence-electron chi connectivity index (χ4n) is 4.09. The van der Waals surface area contributed by atoms with Gasteiger partial charge in [-0.2, -0.15) is 0 Å². The lowest BCUT2D eigenvalue weighted by molar-refractivity contribution is -0.0641. The molecule has 1 saturated heterocycles. The molecule has 1 aliphatic heterocycles. The third-order valence-corrected chi connectivity index (χ3v) is 6.05. The fourth-order valence-corrected chi connectivity index (χ4v) is 4.09. The van der Waals surface area contributed by atoms with Crippen LogP contribution in [0.25, 0.3) is 0 Å². The molecule has 0 aromatic rings. The minimum atomic E-state index is -0.133. The predicted molar refractivity (Wildman–Crippen MR) is 115 cm³/mol. The van der Waals surface area contributed by atoms with Gasteiger partial charge in [0.2, 0.25) is 0 Å². The number of rotatable bonds is 11. The van der Waals surface area contributed by atoms with Gasteiger partial charge in [0.15, 0.2) is 0 Å². The number of aliphatic hydroxyl groups is 2. The zero-order valence-electron chi connectivity index (χ0n) is 18.8. The Bertz CT molecular complexity index is 298. The molecule has 0 bridgehead atoms. The van der Waals surface area contributed by atoms with Crippen molar-refractivity contribution in [1.29, 1.82) is 0 Å². The van der Waals surface area contributed by atoms with E-state index in [0.717, 1.165) is 19.3 Å². The molecule has 0 aliphatic carbocycles. The van der Waals surface area contributed by atoms with Gasteiger partial charge in [0, 0.05) is 17.7 Å². The molecule has 0 aromatic carbocycles. The summed E-state index contributed by atoms with van der Waals surface area (Å²) in [5, 5.41) is 18.3. The van der Waals surface area contributed by atoms with Gasteiger partial charge in [-0.3, -0.25) is 4.90 Å². The summed E-state index contributed by atoms with van der Waals surface area (Å²) in [4.78, 5) is 2.37. The molecule has 1 rings (SSSR count). The Morgan fingerprint density at radius 3 is 1.42 bits per heavy atom. The van der Waals surface area contributed by atoms with Crippen LogP contribution in [0.5, 0.6) is 0 Å². The summed E-state index contributed by atoms with van der Waals surface area (Å²) in [7, 11) is 2.14. The lowest BCUT2D eigenvalue weighted by Crippen LogP contribution is -2.59. The van der Waals surface area contributed by atoms with Crippen molar-refractivity contribution in [2.24, 2.45) is 0 Å². The third-order valence-electron chi connectivity index (χ3n) is 6.05. The molecule has 1 fully saturated rings. The second kappa shape index (κ2) is 14.0. The number of hydrogen-bond acceptors (Lipinski definition) is 3. The van der Waals surface area contributed by atoms with E-state index in [1.54, 1.807) is 0 Å². The van der Waals surface area contributed by atoms with Crippen molar-refractivity contribution >= 4 is 0 Å². The van der Waals surface area contributed by atoms with Crippen LogP contribution in [0.15, 0.2) is 0 Å². The quantitative estimate of drug-likeness (QED) is 0.443. The largest absolute Gasteiger partial charge is 0.396 e. The van der Waals surface area contributed by atoms with E-state index >= 15 is 0 Å². The molecule has 0 unspecified atom stereocenters. The highest BCUT2D eigenvalue weighted by Gasteiger charge is 2.42. The van der Waals surface area contributed by atoms with Crippen molar-refractivity contribution in [1.82, 2.24) is 4.90 Å². The summed E-state index contributed by atoms with van der Waals surface area (Å²) in [6, 6.07) is 0. The van der Waals surface area contributed by atoms with Gasteiger partial charge in [-0.25, -0.2) is 0 Å². The Morgan fingerprint density at radius 2 is 1.08 bits per heavy atom. The number of nitrogens with zero attached hydrogens (tertiary/aromatic N) is 1. The highest BCUT2D eigenvalue weighted by Crippen LogP contribution is 2.36. The van der Waals surface area contributed by atoms with Crippen molar-refractivity contribution in [3.63, 3.8) is 0 Å². The van der Waals surface area contributed by atoms with Crippen molar-refractivity contribution < 1.29 is 10.2 Å². The number of hydrogen-bond donors (Lipinski definition) is 2. The summed E-state index contributed by atoms with van der Waals surface area (Å²) in [5.74, 6) is 0. The van der Waals surface area contributed by atoms with Gasteiger partial charge in [-0.1, -0.05) is 71.1 Å². The van der Waals surface area contributed by atoms with Gasteiger partial charge in [0.25, 0.3) is 0 Å². The van der Waals surface area contributed by atoms with Gasteiger partial charge in [-0.15, -0.1) is 0 Å². The molecule has 0 radical (unpaired) electrons. The SMILES string of the molecule is CCCCCCCCCCCCCO.CN1C(C)(C)CC(O)CC1(C)C. The van der Waals surface area contributed by atoms with Crippen LogP contribution in [0, 0.1) is 0 Å². The van der Waals surface area contributed by atoms with Crippen LogP contribution in [0.3, 0.4) is 0 Å². The summed E-state index contributed by atoms with van der Waals surface area (Å²) in [6.07, 6.45) is 16.4. The zero-order chi connectivity index (χ0) is 20.1. The van der Waals surface area contributed by atoms with Crippen LogP contribution in [0.4, 0.5) is 0 Å². The van der Waals surface area contributed by atoms with E-state index in [1.807, 2.05) is 0 Å². The highest BCUT2D eigenvalue weighted by atomic mass is 16.3. The van der Waals surface area contributed by atoms with Crippen LogP contribution in [0.2, 0.25) is 0 Å².